The molecule has 3 rings (SSSR count). The summed E-state index contributed by atoms with van der Waals surface area (Å²) in [6.45, 7) is 4.34. The number of nitro benzene ring substituents is 1. The Morgan fingerprint density at radius 3 is 3.00 bits per heavy atom. The molecule has 5 nitrogen and oxygen atoms in total. The fourth-order valence-corrected chi connectivity index (χ4v) is 3.71. The van der Waals surface area contributed by atoms with E-state index in [2.05, 4.69) is 10.2 Å². The van der Waals surface area contributed by atoms with Gasteiger partial charge in [0.2, 0.25) is 0 Å². The van der Waals surface area contributed by atoms with Crippen LogP contribution in [0.1, 0.15) is 38.2 Å². The largest absolute Gasteiger partial charge is 0.382 e. The molecular formula is C16H23N3O2. The molecule has 2 atom stereocenters. The standard InChI is InChI=1S/C16H23N3O2/c1-2-12-5-6-13(11-16(12)19(20)21)17-14-7-9-18-8-3-4-15(18)10-14/h5-6,11,14-15,17H,2-4,7-10H2,1H3. The second-order valence-corrected chi connectivity index (χ2v) is 6.15. The van der Waals surface area contributed by atoms with Gasteiger partial charge in [0.05, 0.1) is 4.92 Å². The highest BCUT2D eigenvalue weighted by Gasteiger charge is 2.31. The Labute approximate surface area is 125 Å². The maximum absolute atomic E-state index is 11.1. The Morgan fingerprint density at radius 2 is 2.24 bits per heavy atom. The monoisotopic (exact) mass is 289 g/mol. The Hall–Kier alpha value is -1.62. The van der Waals surface area contributed by atoms with Crippen molar-refractivity contribution in [2.75, 3.05) is 18.4 Å². The normalized spacial score (nSPS) is 25.6. The van der Waals surface area contributed by atoms with Crippen LogP contribution in [-0.4, -0.2) is 35.0 Å². The number of aryl methyl sites for hydroxylation is 1. The molecule has 0 amide bonds. The maximum Gasteiger partial charge on any atom is 0.274 e. The molecule has 2 aliphatic heterocycles. The summed E-state index contributed by atoms with van der Waals surface area (Å²) in [5, 5.41) is 14.7. The summed E-state index contributed by atoms with van der Waals surface area (Å²) in [5.74, 6) is 0. The Balaban J connectivity index is 1.70. The van der Waals surface area contributed by atoms with Gasteiger partial charge in [-0.3, -0.25) is 10.1 Å². The number of nitrogens with zero attached hydrogens (tertiary/aromatic N) is 2. The lowest BCUT2D eigenvalue weighted by Gasteiger charge is -2.35. The van der Waals surface area contributed by atoms with E-state index < -0.39 is 0 Å². The molecule has 0 bridgehead atoms. The second-order valence-electron chi connectivity index (χ2n) is 6.15. The van der Waals surface area contributed by atoms with Crippen molar-refractivity contribution in [3.05, 3.63) is 33.9 Å². The van der Waals surface area contributed by atoms with E-state index in [4.69, 9.17) is 0 Å². The number of nitrogens with one attached hydrogen (secondary N) is 1. The van der Waals surface area contributed by atoms with Crippen LogP contribution < -0.4 is 5.32 Å². The van der Waals surface area contributed by atoms with Gasteiger partial charge < -0.3 is 10.2 Å². The van der Waals surface area contributed by atoms with Crippen LogP contribution in [0.3, 0.4) is 0 Å². The molecule has 0 radical (unpaired) electrons. The third-order valence-electron chi connectivity index (χ3n) is 4.85. The van der Waals surface area contributed by atoms with Gasteiger partial charge in [-0.25, -0.2) is 0 Å². The van der Waals surface area contributed by atoms with Crippen molar-refractivity contribution in [3.63, 3.8) is 0 Å². The van der Waals surface area contributed by atoms with Crippen LogP contribution in [0.4, 0.5) is 11.4 Å². The first-order valence-corrected chi connectivity index (χ1v) is 7.95. The fraction of sp³-hybridized carbons (Fsp3) is 0.625. The summed E-state index contributed by atoms with van der Waals surface area (Å²) in [4.78, 5) is 13.5. The molecule has 2 aliphatic rings. The molecular weight excluding hydrogens is 266 g/mol. The lowest BCUT2D eigenvalue weighted by molar-refractivity contribution is -0.385. The van der Waals surface area contributed by atoms with Crippen LogP contribution in [-0.2, 0) is 6.42 Å². The van der Waals surface area contributed by atoms with Crippen LogP contribution in [0.2, 0.25) is 0 Å². The summed E-state index contributed by atoms with van der Waals surface area (Å²) in [6, 6.07) is 6.70. The number of benzene rings is 1. The molecule has 5 heteroatoms. The first kappa shape index (κ1) is 14.3. The highest BCUT2D eigenvalue weighted by molar-refractivity contribution is 5.55. The second kappa shape index (κ2) is 6.02. The number of hydrogen-bond acceptors (Lipinski definition) is 4. The van der Waals surface area contributed by atoms with E-state index in [1.54, 1.807) is 6.07 Å². The van der Waals surface area contributed by atoms with Crippen LogP contribution >= 0.6 is 0 Å². The van der Waals surface area contributed by atoms with Crippen molar-refractivity contribution in [2.45, 2.75) is 51.1 Å². The summed E-state index contributed by atoms with van der Waals surface area (Å²) in [6.07, 6.45) is 5.58. The lowest BCUT2D eigenvalue weighted by Crippen LogP contribution is -2.42. The van der Waals surface area contributed by atoms with Crippen LogP contribution in [0.5, 0.6) is 0 Å². The van der Waals surface area contributed by atoms with Gasteiger partial charge in [-0.05, 0) is 44.7 Å². The van der Waals surface area contributed by atoms with Gasteiger partial charge in [0.15, 0.2) is 0 Å². The summed E-state index contributed by atoms with van der Waals surface area (Å²) in [5.41, 5.74) is 1.92. The Morgan fingerprint density at radius 1 is 1.38 bits per heavy atom. The zero-order valence-electron chi connectivity index (χ0n) is 12.5. The number of fused-ring (bicyclic) bond motifs is 1. The van der Waals surface area contributed by atoms with E-state index in [0.717, 1.165) is 30.6 Å². The van der Waals surface area contributed by atoms with Crippen molar-refractivity contribution in [1.29, 1.82) is 0 Å². The molecule has 2 fully saturated rings. The minimum Gasteiger partial charge on any atom is -0.382 e. The molecule has 0 aliphatic carbocycles. The maximum atomic E-state index is 11.1. The summed E-state index contributed by atoms with van der Waals surface area (Å²) in [7, 11) is 0. The SMILES string of the molecule is CCc1ccc(NC2CCN3CCCC3C2)cc1[N+](=O)[O-]. The third kappa shape index (κ3) is 3.02. The molecule has 2 unspecified atom stereocenters. The van der Waals surface area contributed by atoms with E-state index in [0.29, 0.717) is 18.5 Å². The third-order valence-corrected chi connectivity index (χ3v) is 4.85. The zero-order valence-corrected chi connectivity index (χ0v) is 12.5. The van der Waals surface area contributed by atoms with Crippen molar-refractivity contribution in [1.82, 2.24) is 4.90 Å². The Bertz CT molecular complexity index is 532. The summed E-state index contributed by atoms with van der Waals surface area (Å²) >= 11 is 0. The average molecular weight is 289 g/mol. The minimum atomic E-state index is -0.274. The topological polar surface area (TPSA) is 58.4 Å². The van der Waals surface area contributed by atoms with E-state index >= 15 is 0 Å². The highest BCUT2D eigenvalue weighted by Crippen LogP contribution is 2.30. The molecule has 1 aromatic rings. The van der Waals surface area contributed by atoms with Crippen molar-refractivity contribution < 1.29 is 4.92 Å². The van der Waals surface area contributed by atoms with Crippen LogP contribution in [0.25, 0.3) is 0 Å². The van der Waals surface area contributed by atoms with Gasteiger partial charge in [-0.2, -0.15) is 0 Å². The van der Waals surface area contributed by atoms with E-state index in [1.807, 2.05) is 19.1 Å². The van der Waals surface area contributed by atoms with Gasteiger partial charge >= 0.3 is 0 Å². The molecule has 0 spiro atoms. The predicted octanol–water partition coefficient (Wildman–Crippen LogP) is 3.20. The van der Waals surface area contributed by atoms with Gasteiger partial charge in [-0.1, -0.05) is 13.0 Å². The number of anilines is 1. The molecule has 114 valence electrons. The first-order chi connectivity index (χ1) is 10.2. The predicted molar refractivity (Wildman–Crippen MR) is 83.7 cm³/mol. The van der Waals surface area contributed by atoms with Crippen molar-refractivity contribution in [3.8, 4) is 0 Å². The molecule has 2 heterocycles. The molecule has 21 heavy (non-hydrogen) atoms. The van der Waals surface area contributed by atoms with Crippen molar-refractivity contribution >= 4 is 11.4 Å². The summed E-state index contributed by atoms with van der Waals surface area (Å²) < 4.78 is 0. The highest BCUT2D eigenvalue weighted by atomic mass is 16.6. The van der Waals surface area contributed by atoms with Crippen LogP contribution in [0.15, 0.2) is 18.2 Å². The van der Waals surface area contributed by atoms with E-state index in [1.165, 1.54) is 19.4 Å². The lowest BCUT2D eigenvalue weighted by atomic mass is 9.97. The number of rotatable bonds is 4. The van der Waals surface area contributed by atoms with Crippen molar-refractivity contribution in [2.24, 2.45) is 0 Å². The van der Waals surface area contributed by atoms with Gasteiger partial charge in [-0.15, -0.1) is 0 Å². The average Bonchev–Trinajstić information content (AvgIpc) is 2.94. The molecule has 0 saturated carbocycles. The fourth-order valence-electron chi connectivity index (χ4n) is 3.71. The molecule has 2 saturated heterocycles. The van der Waals surface area contributed by atoms with E-state index in [-0.39, 0.29) is 10.6 Å². The number of nitro groups is 1. The quantitative estimate of drug-likeness (QED) is 0.683. The van der Waals surface area contributed by atoms with Gasteiger partial charge in [0.25, 0.3) is 5.69 Å². The molecule has 1 N–H and O–H groups in total. The van der Waals surface area contributed by atoms with Crippen LogP contribution in [0, 0.1) is 10.1 Å². The van der Waals surface area contributed by atoms with E-state index in [9.17, 15) is 10.1 Å². The Kier molecular flexibility index (Phi) is 4.10. The molecule has 0 aromatic heterocycles. The van der Waals surface area contributed by atoms with Gasteiger partial charge in [0, 0.05) is 35.9 Å². The first-order valence-electron chi connectivity index (χ1n) is 7.95. The zero-order chi connectivity index (χ0) is 14.8. The van der Waals surface area contributed by atoms with Gasteiger partial charge in [0.1, 0.15) is 0 Å². The minimum absolute atomic E-state index is 0.237. The smallest absolute Gasteiger partial charge is 0.274 e. The molecule has 1 aromatic carbocycles. The number of hydrogen-bond donors (Lipinski definition) is 1. The number of piperidine rings is 1.